The van der Waals surface area contributed by atoms with E-state index < -0.39 is 5.97 Å². The van der Waals surface area contributed by atoms with Gasteiger partial charge in [0.2, 0.25) is 0 Å². The zero-order valence-corrected chi connectivity index (χ0v) is 14.8. The van der Waals surface area contributed by atoms with Crippen molar-refractivity contribution in [2.45, 2.75) is 13.5 Å². The second-order valence-corrected chi connectivity index (χ2v) is 6.51. The number of hydrogen-bond acceptors (Lipinski definition) is 3. The SMILES string of the molecule is Cc1ccc(C(=O)O)cc1NC(=O)N1CCN(Cc2ccccc2)CC1. The average molecular weight is 353 g/mol. The molecule has 2 N–H and O–H groups in total. The summed E-state index contributed by atoms with van der Waals surface area (Å²) in [6.07, 6.45) is 0. The number of carboxylic acid groups (broad SMARTS) is 1. The highest BCUT2D eigenvalue weighted by Crippen LogP contribution is 2.18. The Morgan fingerprint density at radius 1 is 1.04 bits per heavy atom. The molecule has 2 aromatic carbocycles. The van der Waals surface area contributed by atoms with E-state index in [0.29, 0.717) is 18.8 Å². The molecule has 2 amide bonds. The zero-order chi connectivity index (χ0) is 18.5. The third kappa shape index (κ3) is 4.40. The van der Waals surface area contributed by atoms with Crippen molar-refractivity contribution in [3.63, 3.8) is 0 Å². The summed E-state index contributed by atoms with van der Waals surface area (Å²) in [5.41, 5.74) is 2.82. The molecule has 0 radical (unpaired) electrons. The van der Waals surface area contributed by atoms with Gasteiger partial charge in [0.1, 0.15) is 0 Å². The maximum absolute atomic E-state index is 12.5. The van der Waals surface area contributed by atoms with E-state index in [1.807, 2.05) is 25.1 Å². The van der Waals surface area contributed by atoms with Gasteiger partial charge in [-0.25, -0.2) is 9.59 Å². The smallest absolute Gasteiger partial charge is 0.335 e. The van der Waals surface area contributed by atoms with Crippen LogP contribution in [0, 0.1) is 6.92 Å². The van der Waals surface area contributed by atoms with Crippen molar-refractivity contribution in [2.24, 2.45) is 0 Å². The molecule has 6 nitrogen and oxygen atoms in total. The second kappa shape index (κ2) is 8.01. The quantitative estimate of drug-likeness (QED) is 0.886. The van der Waals surface area contributed by atoms with E-state index in [-0.39, 0.29) is 11.6 Å². The number of aryl methyl sites for hydroxylation is 1. The van der Waals surface area contributed by atoms with Crippen molar-refractivity contribution in [3.8, 4) is 0 Å². The van der Waals surface area contributed by atoms with Gasteiger partial charge in [0, 0.05) is 38.4 Å². The molecule has 26 heavy (non-hydrogen) atoms. The van der Waals surface area contributed by atoms with Crippen LogP contribution in [0.5, 0.6) is 0 Å². The van der Waals surface area contributed by atoms with Gasteiger partial charge in [-0.3, -0.25) is 4.90 Å². The van der Waals surface area contributed by atoms with Gasteiger partial charge >= 0.3 is 12.0 Å². The molecule has 2 aromatic rings. The summed E-state index contributed by atoms with van der Waals surface area (Å²) in [6.45, 7) is 5.66. The van der Waals surface area contributed by atoms with Gasteiger partial charge in [0.25, 0.3) is 0 Å². The summed E-state index contributed by atoms with van der Waals surface area (Å²) in [6, 6.07) is 14.9. The molecule has 1 heterocycles. The van der Waals surface area contributed by atoms with Crippen LogP contribution in [0.4, 0.5) is 10.5 Å². The number of nitrogens with one attached hydrogen (secondary N) is 1. The number of carbonyl (C=O) groups excluding carboxylic acids is 1. The summed E-state index contributed by atoms with van der Waals surface area (Å²) in [5, 5.41) is 11.9. The lowest BCUT2D eigenvalue weighted by atomic mass is 10.1. The lowest BCUT2D eigenvalue weighted by Crippen LogP contribution is -2.49. The number of rotatable bonds is 4. The molecule has 136 valence electrons. The number of carbonyl (C=O) groups is 2. The van der Waals surface area contributed by atoms with Crippen LogP contribution in [0.3, 0.4) is 0 Å². The van der Waals surface area contributed by atoms with E-state index in [0.717, 1.165) is 25.2 Å². The Labute approximate surface area is 153 Å². The van der Waals surface area contributed by atoms with Crippen LogP contribution in [0.1, 0.15) is 21.5 Å². The molecule has 1 saturated heterocycles. The van der Waals surface area contributed by atoms with E-state index in [1.54, 1.807) is 11.0 Å². The fourth-order valence-corrected chi connectivity index (χ4v) is 3.03. The highest BCUT2D eigenvalue weighted by molar-refractivity contribution is 5.94. The summed E-state index contributed by atoms with van der Waals surface area (Å²) < 4.78 is 0. The minimum Gasteiger partial charge on any atom is -0.478 e. The molecule has 0 aromatic heterocycles. The molecule has 1 aliphatic heterocycles. The highest BCUT2D eigenvalue weighted by Gasteiger charge is 2.21. The van der Waals surface area contributed by atoms with Crippen LogP contribution < -0.4 is 5.32 Å². The number of amides is 2. The van der Waals surface area contributed by atoms with Crippen LogP contribution in [0.15, 0.2) is 48.5 Å². The van der Waals surface area contributed by atoms with Gasteiger partial charge in [0.05, 0.1) is 5.56 Å². The van der Waals surface area contributed by atoms with Gasteiger partial charge in [-0.05, 0) is 30.2 Å². The van der Waals surface area contributed by atoms with E-state index >= 15 is 0 Å². The Balaban J connectivity index is 1.55. The fraction of sp³-hybridized carbons (Fsp3) is 0.300. The van der Waals surface area contributed by atoms with Crippen LogP contribution in [-0.4, -0.2) is 53.1 Å². The molecule has 1 fully saturated rings. The molecule has 0 saturated carbocycles. The Bertz CT molecular complexity index is 784. The van der Waals surface area contributed by atoms with Crippen molar-refractivity contribution >= 4 is 17.7 Å². The molecule has 0 atom stereocenters. The van der Waals surface area contributed by atoms with E-state index in [4.69, 9.17) is 5.11 Å². The van der Waals surface area contributed by atoms with Gasteiger partial charge in [-0.2, -0.15) is 0 Å². The van der Waals surface area contributed by atoms with Crippen molar-refractivity contribution in [1.82, 2.24) is 9.80 Å². The van der Waals surface area contributed by atoms with Crippen molar-refractivity contribution < 1.29 is 14.7 Å². The van der Waals surface area contributed by atoms with Gasteiger partial charge in [0.15, 0.2) is 0 Å². The lowest BCUT2D eigenvalue weighted by Gasteiger charge is -2.34. The summed E-state index contributed by atoms with van der Waals surface area (Å²) in [5.74, 6) is -1.00. The average Bonchev–Trinajstić information content (AvgIpc) is 2.64. The summed E-state index contributed by atoms with van der Waals surface area (Å²) in [7, 11) is 0. The van der Waals surface area contributed by atoms with Crippen LogP contribution in [-0.2, 0) is 6.54 Å². The lowest BCUT2D eigenvalue weighted by molar-refractivity contribution is 0.0697. The van der Waals surface area contributed by atoms with E-state index in [1.165, 1.54) is 17.7 Å². The Morgan fingerprint density at radius 3 is 2.38 bits per heavy atom. The molecule has 0 bridgehead atoms. The standard InChI is InChI=1S/C20H23N3O3/c1-15-7-8-17(19(24)25)13-18(15)21-20(26)23-11-9-22(10-12-23)14-16-5-3-2-4-6-16/h2-8,13H,9-12,14H2,1H3,(H,21,26)(H,24,25). The first-order chi connectivity index (χ1) is 12.5. The van der Waals surface area contributed by atoms with Crippen molar-refractivity contribution in [2.75, 3.05) is 31.5 Å². The third-order valence-corrected chi connectivity index (χ3v) is 4.63. The number of nitrogens with zero attached hydrogens (tertiary/aromatic N) is 2. The molecule has 3 rings (SSSR count). The van der Waals surface area contributed by atoms with Crippen molar-refractivity contribution in [3.05, 3.63) is 65.2 Å². The van der Waals surface area contributed by atoms with Gasteiger partial charge in [-0.1, -0.05) is 36.4 Å². The molecule has 0 unspecified atom stereocenters. The number of piperazine rings is 1. The molecular weight excluding hydrogens is 330 g/mol. The van der Waals surface area contributed by atoms with Gasteiger partial charge in [-0.15, -0.1) is 0 Å². The molecule has 0 spiro atoms. The van der Waals surface area contributed by atoms with Crippen LogP contribution in [0.25, 0.3) is 0 Å². The fourth-order valence-electron chi connectivity index (χ4n) is 3.03. The highest BCUT2D eigenvalue weighted by atomic mass is 16.4. The molecular formula is C20H23N3O3. The van der Waals surface area contributed by atoms with Crippen LogP contribution >= 0.6 is 0 Å². The number of urea groups is 1. The number of carboxylic acids is 1. The monoisotopic (exact) mass is 353 g/mol. The van der Waals surface area contributed by atoms with Crippen LogP contribution in [0.2, 0.25) is 0 Å². The maximum Gasteiger partial charge on any atom is 0.335 e. The first kappa shape index (κ1) is 17.9. The summed E-state index contributed by atoms with van der Waals surface area (Å²) in [4.78, 5) is 27.7. The largest absolute Gasteiger partial charge is 0.478 e. The second-order valence-electron chi connectivity index (χ2n) is 6.51. The number of anilines is 1. The predicted molar refractivity (Wildman–Crippen MR) is 100 cm³/mol. The number of aromatic carboxylic acids is 1. The normalized spacial score (nSPS) is 14.9. The predicted octanol–water partition coefficient (Wildman–Crippen LogP) is 3.04. The maximum atomic E-state index is 12.5. The Morgan fingerprint density at radius 2 is 1.73 bits per heavy atom. The molecule has 6 heteroatoms. The topological polar surface area (TPSA) is 72.9 Å². The van der Waals surface area contributed by atoms with E-state index in [2.05, 4.69) is 22.3 Å². The first-order valence-electron chi connectivity index (χ1n) is 8.69. The Kier molecular flexibility index (Phi) is 5.53. The third-order valence-electron chi connectivity index (χ3n) is 4.63. The number of benzene rings is 2. The zero-order valence-electron chi connectivity index (χ0n) is 14.8. The van der Waals surface area contributed by atoms with Gasteiger partial charge < -0.3 is 15.3 Å². The minimum atomic E-state index is -1.00. The summed E-state index contributed by atoms with van der Waals surface area (Å²) >= 11 is 0. The van der Waals surface area contributed by atoms with E-state index in [9.17, 15) is 9.59 Å². The Hall–Kier alpha value is -2.86. The van der Waals surface area contributed by atoms with Crippen molar-refractivity contribution in [1.29, 1.82) is 0 Å². The first-order valence-corrected chi connectivity index (χ1v) is 8.69. The molecule has 0 aliphatic carbocycles. The number of hydrogen-bond donors (Lipinski definition) is 2. The molecule has 1 aliphatic rings. The minimum absolute atomic E-state index is 0.165.